The first kappa shape index (κ1) is 44.2. The van der Waals surface area contributed by atoms with Crippen LogP contribution in [0.3, 0.4) is 0 Å². The van der Waals surface area contributed by atoms with Gasteiger partial charge in [0.2, 0.25) is 0 Å². The van der Waals surface area contributed by atoms with Gasteiger partial charge in [0.25, 0.3) is 17.7 Å². The summed E-state index contributed by atoms with van der Waals surface area (Å²) in [6, 6.07) is 30.4. The monoisotopic (exact) mass is 816 g/mol. The quantitative estimate of drug-likeness (QED) is 0.0768. The van der Waals surface area contributed by atoms with E-state index in [-0.39, 0.29) is 36.3 Å². The van der Waals surface area contributed by atoms with Gasteiger partial charge in [-0.1, -0.05) is 51.1 Å². The fourth-order valence-corrected chi connectivity index (χ4v) is 6.16. The molecule has 60 heavy (non-hydrogen) atoms. The standard InChI is InChI=1S/C27H28N4O5.C19H24N2O3/c1-27(17-32,16-29-26(34)21-15-28-24-6-4-5-13-31(21)24)19-8-10-20(11-9-19)30-25(33)18-7-12-22(35-2)23(14-18)36-3;1-19(2,12-20)14-6-8-15(9-7-14)21-18(22)13-5-10-16(23-3)17(11-13)24-4/h4-15,32H,16-17H2,1-3H3,(H,29,34)(H,30,33);5-11H,12,20H2,1-4H3,(H,21,22). The maximum Gasteiger partial charge on any atom is 0.269 e. The lowest BCUT2D eigenvalue weighted by atomic mass is 9.83. The van der Waals surface area contributed by atoms with Crippen LogP contribution < -0.4 is 40.6 Å². The zero-order chi connectivity index (χ0) is 43.5. The third-order valence-corrected chi connectivity index (χ3v) is 10.2. The molecular formula is C46H52N6O8. The largest absolute Gasteiger partial charge is 0.493 e. The van der Waals surface area contributed by atoms with Gasteiger partial charge in [0.05, 0.1) is 41.2 Å². The van der Waals surface area contributed by atoms with Crippen LogP contribution in [-0.2, 0) is 10.8 Å². The minimum Gasteiger partial charge on any atom is -0.493 e. The molecule has 0 saturated carbocycles. The first-order valence-corrected chi connectivity index (χ1v) is 19.1. The van der Waals surface area contributed by atoms with Gasteiger partial charge in [-0.25, -0.2) is 4.98 Å². The molecule has 2 heterocycles. The van der Waals surface area contributed by atoms with Crippen LogP contribution in [0.4, 0.5) is 11.4 Å². The molecule has 1 atom stereocenters. The number of amides is 3. The van der Waals surface area contributed by atoms with E-state index in [4.69, 9.17) is 24.7 Å². The van der Waals surface area contributed by atoms with E-state index in [1.165, 1.54) is 27.5 Å². The third-order valence-electron chi connectivity index (χ3n) is 10.2. The summed E-state index contributed by atoms with van der Waals surface area (Å²) < 4.78 is 22.6. The number of nitrogens with one attached hydrogen (secondary N) is 3. The molecule has 314 valence electrons. The Kier molecular flexibility index (Phi) is 14.5. The average molecular weight is 817 g/mol. The van der Waals surface area contributed by atoms with Crippen LogP contribution in [0.25, 0.3) is 5.65 Å². The Morgan fingerprint density at radius 2 is 1.17 bits per heavy atom. The van der Waals surface area contributed by atoms with E-state index >= 15 is 0 Å². The van der Waals surface area contributed by atoms with Gasteiger partial charge >= 0.3 is 0 Å². The zero-order valence-corrected chi connectivity index (χ0v) is 34.9. The van der Waals surface area contributed by atoms with Crippen molar-refractivity contribution in [1.82, 2.24) is 14.7 Å². The number of nitrogens with two attached hydrogens (primary N) is 1. The van der Waals surface area contributed by atoms with Gasteiger partial charge < -0.3 is 45.7 Å². The minimum absolute atomic E-state index is 0.0914. The number of benzene rings is 4. The summed E-state index contributed by atoms with van der Waals surface area (Å²) in [4.78, 5) is 42.1. The Labute approximate surface area is 349 Å². The van der Waals surface area contributed by atoms with E-state index in [9.17, 15) is 19.5 Å². The summed E-state index contributed by atoms with van der Waals surface area (Å²) in [5.74, 6) is 1.32. The second kappa shape index (κ2) is 19.7. The highest BCUT2D eigenvalue weighted by Crippen LogP contribution is 2.30. The van der Waals surface area contributed by atoms with Crippen LogP contribution in [0.5, 0.6) is 23.0 Å². The van der Waals surface area contributed by atoms with Gasteiger partial charge in [-0.3, -0.25) is 18.8 Å². The van der Waals surface area contributed by atoms with Crippen molar-refractivity contribution in [2.24, 2.45) is 5.73 Å². The Bertz CT molecular complexity index is 2410. The number of hydrogen-bond donors (Lipinski definition) is 5. The lowest BCUT2D eigenvalue weighted by Crippen LogP contribution is -2.41. The highest BCUT2D eigenvalue weighted by atomic mass is 16.5. The fourth-order valence-electron chi connectivity index (χ4n) is 6.16. The first-order chi connectivity index (χ1) is 28.8. The number of ether oxygens (including phenoxy) is 4. The van der Waals surface area contributed by atoms with Crippen molar-refractivity contribution in [1.29, 1.82) is 0 Å². The van der Waals surface area contributed by atoms with Crippen LogP contribution in [-0.4, -0.2) is 80.3 Å². The Morgan fingerprint density at radius 1 is 0.667 bits per heavy atom. The first-order valence-electron chi connectivity index (χ1n) is 19.1. The summed E-state index contributed by atoms with van der Waals surface area (Å²) in [5.41, 5.74) is 10.2. The van der Waals surface area contributed by atoms with Crippen molar-refractivity contribution in [3.05, 3.63) is 143 Å². The van der Waals surface area contributed by atoms with Crippen LogP contribution in [0, 0.1) is 0 Å². The van der Waals surface area contributed by atoms with Crippen molar-refractivity contribution in [2.45, 2.75) is 31.6 Å². The normalized spacial score (nSPS) is 11.9. The number of pyridine rings is 1. The molecule has 0 bridgehead atoms. The number of carbonyl (C=O) groups is 3. The molecule has 0 aliphatic heterocycles. The minimum atomic E-state index is -0.734. The maximum atomic E-state index is 12.8. The molecule has 0 spiro atoms. The number of aromatic nitrogens is 2. The number of rotatable bonds is 15. The SMILES string of the molecule is COc1ccc(C(=O)Nc2ccc(C(C)(C)CN)cc2)cc1OC.COc1ccc(C(=O)Nc2ccc(C(C)(CO)CNC(=O)c3cnc4ccccn34)cc2)cc1OC. The molecule has 0 fully saturated rings. The molecule has 0 saturated heterocycles. The second-order valence-corrected chi connectivity index (χ2v) is 14.8. The number of carbonyl (C=O) groups excluding carboxylic acids is 3. The summed E-state index contributed by atoms with van der Waals surface area (Å²) in [5, 5.41) is 18.8. The van der Waals surface area contributed by atoms with Crippen molar-refractivity contribution < 1.29 is 38.4 Å². The van der Waals surface area contributed by atoms with Gasteiger partial charge in [0, 0.05) is 52.6 Å². The van der Waals surface area contributed by atoms with Gasteiger partial charge in [-0.15, -0.1) is 0 Å². The lowest BCUT2D eigenvalue weighted by molar-refractivity contribution is 0.0926. The van der Waals surface area contributed by atoms with Crippen molar-refractivity contribution in [3.8, 4) is 23.0 Å². The molecule has 0 aliphatic rings. The van der Waals surface area contributed by atoms with Crippen LogP contribution in [0.15, 0.2) is 116 Å². The van der Waals surface area contributed by atoms with Crippen molar-refractivity contribution >= 4 is 34.7 Å². The Morgan fingerprint density at radius 3 is 1.63 bits per heavy atom. The molecular weight excluding hydrogens is 765 g/mol. The van der Waals surface area contributed by atoms with E-state index in [0.29, 0.717) is 57.7 Å². The fraction of sp³-hybridized carbons (Fsp3) is 0.261. The van der Waals surface area contributed by atoms with E-state index in [1.807, 2.05) is 61.5 Å². The Balaban J connectivity index is 0.000000247. The van der Waals surface area contributed by atoms with Gasteiger partial charge in [-0.05, 0) is 83.9 Å². The van der Waals surface area contributed by atoms with E-state index in [0.717, 1.165) is 16.8 Å². The lowest BCUT2D eigenvalue weighted by Gasteiger charge is -2.28. The number of fused-ring (bicyclic) bond motifs is 1. The molecule has 14 nitrogen and oxygen atoms in total. The third kappa shape index (κ3) is 10.4. The molecule has 14 heteroatoms. The number of aliphatic hydroxyl groups excluding tert-OH is 1. The predicted octanol–water partition coefficient (Wildman–Crippen LogP) is 6.48. The van der Waals surface area contributed by atoms with E-state index in [2.05, 4.69) is 34.8 Å². The van der Waals surface area contributed by atoms with Gasteiger partial charge in [0.15, 0.2) is 23.0 Å². The summed E-state index contributed by atoms with van der Waals surface area (Å²) in [7, 11) is 6.14. The Hall–Kier alpha value is -6.90. The molecule has 1 unspecified atom stereocenters. The number of nitrogens with zero attached hydrogens (tertiary/aromatic N) is 2. The van der Waals surface area contributed by atoms with E-state index in [1.54, 1.807) is 66.2 Å². The molecule has 6 N–H and O–H groups in total. The van der Waals surface area contributed by atoms with Crippen LogP contribution in [0.2, 0.25) is 0 Å². The highest BCUT2D eigenvalue weighted by Gasteiger charge is 2.28. The molecule has 3 amide bonds. The summed E-state index contributed by atoms with van der Waals surface area (Å²) >= 11 is 0. The molecule has 4 aromatic carbocycles. The maximum absolute atomic E-state index is 12.8. The molecule has 6 aromatic rings. The van der Waals surface area contributed by atoms with Crippen molar-refractivity contribution in [2.75, 3.05) is 58.8 Å². The number of aliphatic hydroxyl groups is 1. The molecule has 0 radical (unpaired) electrons. The number of anilines is 2. The average Bonchev–Trinajstić information content (AvgIpc) is 3.72. The number of hydrogen-bond acceptors (Lipinski definition) is 10. The molecule has 2 aromatic heterocycles. The number of imidazole rings is 1. The molecule has 0 aliphatic carbocycles. The smallest absolute Gasteiger partial charge is 0.269 e. The van der Waals surface area contributed by atoms with Crippen LogP contribution in [0.1, 0.15) is 63.1 Å². The summed E-state index contributed by atoms with van der Waals surface area (Å²) in [6.45, 7) is 6.62. The van der Waals surface area contributed by atoms with E-state index < -0.39 is 5.41 Å². The number of methoxy groups -OCH3 is 4. The second-order valence-electron chi connectivity index (χ2n) is 14.8. The topological polar surface area (TPSA) is 188 Å². The molecule has 6 rings (SSSR count). The van der Waals surface area contributed by atoms with Crippen molar-refractivity contribution in [3.63, 3.8) is 0 Å². The van der Waals surface area contributed by atoms with Gasteiger partial charge in [-0.2, -0.15) is 0 Å². The van der Waals surface area contributed by atoms with Crippen LogP contribution >= 0.6 is 0 Å². The highest BCUT2D eigenvalue weighted by molar-refractivity contribution is 6.05. The predicted molar refractivity (Wildman–Crippen MR) is 232 cm³/mol. The summed E-state index contributed by atoms with van der Waals surface area (Å²) in [6.07, 6.45) is 3.30. The van der Waals surface area contributed by atoms with Gasteiger partial charge in [0.1, 0.15) is 11.3 Å². The zero-order valence-electron chi connectivity index (χ0n) is 34.9.